The van der Waals surface area contributed by atoms with Crippen molar-refractivity contribution >= 4 is 5.96 Å². The van der Waals surface area contributed by atoms with Gasteiger partial charge in [-0.05, 0) is 42.9 Å². The summed E-state index contributed by atoms with van der Waals surface area (Å²) in [7, 11) is 1.69. The SMILES string of the molecule is COc1cccc(CCCN=C(N)NCCC(C)C)c1. The quantitative estimate of drug-likeness (QED) is 0.436. The number of ether oxygens (including phenoxy) is 1. The summed E-state index contributed by atoms with van der Waals surface area (Å²) in [4.78, 5) is 4.33. The van der Waals surface area contributed by atoms with Crippen LogP contribution in [-0.2, 0) is 6.42 Å². The monoisotopic (exact) mass is 277 g/mol. The Hall–Kier alpha value is -1.71. The van der Waals surface area contributed by atoms with Crippen LogP contribution in [0.4, 0.5) is 0 Å². The van der Waals surface area contributed by atoms with Gasteiger partial charge in [0.25, 0.3) is 0 Å². The number of benzene rings is 1. The predicted molar refractivity (Wildman–Crippen MR) is 85.3 cm³/mol. The second-order valence-corrected chi connectivity index (χ2v) is 5.33. The van der Waals surface area contributed by atoms with Crippen LogP contribution in [0.1, 0.15) is 32.3 Å². The van der Waals surface area contributed by atoms with Crippen molar-refractivity contribution in [3.63, 3.8) is 0 Å². The first kappa shape index (κ1) is 16.3. The molecule has 0 heterocycles. The first-order valence-corrected chi connectivity index (χ1v) is 7.28. The zero-order valence-electron chi connectivity index (χ0n) is 12.9. The van der Waals surface area contributed by atoms with Crippen LogP contribution in [0.3, 0.4) is 0 Å². The summed E-state index contributed by atoms with van der Waals surface area (Å²) < 4.78 is 5.21. The Bertz CT molecular complexity index is 416. The molecule has 0 unspecified atom stereocenters. The molecule has 0 amide bonds. The van der Waals surface area contributed by atoms with Crippen molar-refractivity contribution in [2.45, 2.75) is 33.1 Å². The number of hydrogen-bond acceptors (Lipinski definition) is 2. The molecule has 0 radical (unpaired) electrons. The second kappa shape index (κ2) is 9.23. The third-order valence-electron chi connectivity index (χ3n) is 3.07. The zero-order valence-corrected chi connectivity index (χ0v) is 12.9. The molecule has 0 saturated carbocycles. The minimum Gasteiger partial charge on any atom is -0.497 e. The lowest BCUT2D eigenvalue weighted by atomic mass is 10.1. The molecule has 4 heteroatoms. The minimum atomic E-state index is 0.552. The molecule has 0 aliphatic rings. The van der Waals surface area contributed by atoms with Crippen LogP contribution in [0.5, 0.6) is 5.75 Å². The molecule has 0 aliphatic carbocycles. The molecule has 0 atom stereocenters. The van der Waals surface area contributed by atoms with E-state index < -0.39 is 0 Å². The van der Waals surface area contributed by atoms with Crippen LogP contribution in [0.2, 0.25) is 0 Å². The maximum Gasteiger partial charge on any atom is 0.188 e. The average Bonchev–Trinajstić information content (AvgIpc) is 2.43. The van der Waals surface area contributed by atoms with E-state index in [0.717, 1.165) is 38.1 Å². The van der Waals surface area contributed by atoms with Gasteiger partial charge in [0.15, 0.2) is 5.96 Å². The Morgan fingerprint density at radius 1 is 1.40 bits per heavy atom. The van der Waals surface area contributed by atoms with Crippen LogP contribution >= 0.6 is 0 Å². The Balaban J connectivity index is 2.22. The highest BCUT2D eigenvalue weighted by atomic mass is 16.5. The molecular weight excluding hydrogens is 250 g/mol. The summed E-state index contributed by atoms with van der Waals surface area (Å²) >= 11 is 0. The molecule has 112 valence electrons. The highest BCUT2D eigenvalue weighted by molar-refractivity contribution is 5.77. The van der Waals surface area contributed by atoms with Crippen LogP contribution in [0.15, 0.2) is 29.3 Å². The Kier molecular flexibility index (Phi) is 7.55. The van der Waals surface area contributed by atoms with E-state index in [1.165, 1.54) is 5.56 Å². The summed E-state index contributed by atoms with van der Waals surface area (Å²) in [5.41, 5.74) is 7.07. The fourth-order valence-corrected chi connectivity index (χ4v) is 1.86. The predicted octanol–water partition coefficient (Wildman–Crippen LogP) is 2.58. The van der Waals surface area contributed by atoms with Crippen molar-refractivity contribution in [3.8, 4) is 5.75 Å². The van der Waals surface area contributed by atoms with Gasteiger partial charge in [0.2, 0.25) is 0 Å². The molecule has 1 aromatic carbocycles. The average molecular weight is 277 g/mol. The largest absolute Gasteiger partial charge is 0.497 e. The maximum atomic E-state index is 5.80. The molecule has 20 heavy (non-hydrogen) atoms. The molecule has 0 saturated heterocycles. The number of guanidine groups is 1. The number of methoxy groups -OCH3 is 1. The molecule has 4 nitrogen and oxygen atoms in total. The van der Waals surface area contributed by atoms with Crippen LogP contribution in [0, 0.1) is 5.92 Å². The smallest absolute Gasteiger partial charge is 0.188 e. The van der Waals surface area contributed by atoms with Crippen molar-refractivity contribution in [1.29, 1.82) is 0 Å². The molecule has 3 N–H and O–H groups in total. The number of aryl methyl sites for hydroxylation is 1. The van der Waals surface area contributed by atoms with Gasteiger partial charge in [-0.15, -0.1) is 0 Å². The highest BCUT2D eigenvalue weighted by Crippen LogP contribution is 2.13. The van der Waals surface area contributed by atoms with Gasteiger partial charge in [0.05, 0.1) is 7.11 Å². The molecular formula is C16H27N3O. The van der Waals surface area contributed by atoms with Crippen molar-refractivity contribution in [2.24, 2.45) is 16.6 Å². The van der Waals surface area contributed by atoms with Gasteiger partial charge in [-0.3, -0.25) is 4.99 Å². The van der Waals surface area contributed by atoms with Crippen molar-refractivity contribution in [3.05, 3.63) is 29.8 Å². The molecule has 0 aliphatic heterocycles. The summed E-state index contributed by atoms with van der Waals surface area (Å²) in [5, 5.41) is 3.14. The lowest BCUT2D eigenvalue weighted by Crippen LogP contribution is -2.33. The summed E-state index contributed by atoms with van der Waals surface area (Å²) in [6.07, 6.45) is 3.08. The second-order valence-electron chi connectivity index (χ2n) is 5.33. The van der Waals surface area contributed by atoms with Gasteiger partial charge < -0.3 is 15.8 Å². The van der Waals surface area contributed by atoms with Crippen molar-refractivity contribution in [1.82, 2.24) is 5.32 Å². The molecule has 0 bridgehead atoms. The topological polar surface area (TPSA) is 59.6 Å². The lowest BCUT2D eigenvalue weighted by Gasteiger charge is -2.07. The van der Waals surface area contributed by atoms with E-state index in [9.17, 15) is 0 Å². The first-order valence-electron chi connectivity index (χ1n) is 7.28. The van der Waals surface area contributed by atoms with Gasteiger partial charge in [0, 0.05) is 13.1 Å². The fourth-order valence-electron chi connectivity index (χ4n) is 1.86. The van der Waals surface area contributed by atoms with Crippen LogP contribution in [-0.4, -0.2) is 26.2 Å². The molecule has 1 rings (SSSR count). The molecule has 0 spiro atoms. The van der Waals surface area contributed by atoms with Gasteiger partial charge in [-0.2, -0.15) is 0 Å². The third-order valence-corrected chi connectivity index (χ3v) is 3.07. The number of nitrogens with two attached hydrogens (primary N) is 1. The van der Waals surface area contributed by atoms with Gasteiger partial charge >= 0.3 is 0 Å². The summed E-state index contributed by atoms with van der Waals surface area (Å²) in [6, 6.07) is 8.14. The zero-order chi connectivity index (χ0) is 14.8. The summed E-state index contributed by atoms with van der Waals surface area (Å²) in [5.74, 6) is 2.14. The molecule has 0 fully saturated rings. The normalized spacial score (nSPS) is 11.7. The summed E-state index contributed by atoms with van der Waals surface area (Å²) in [6.45, 7) is 6.03. The third kappa shape index (κ3) is 7.02. The van der Waals surface area contributed by atoms with E-state index in [1.54, 1.807) is 7.11 Å². The van der Waals surface area contributed by atoms with Crippen LogP contribution in [0.25, 0.3) is 0 Å². The standard InChI is InChI=1S/C16H27N3O/c1-13(2)9-11-19-16(17)18-10-5-7-14-6-4-8-15(12-14)20-3/h4,6,8,12-13H,5,7,9-11H2,1-3H3,(H3,17,18,19). The van der Waals surface area contributed by atoms with E-state index in [-0.39, 0.29) is 0 Å². The molecule has 0 aromatic heterocycles. The number of rotatable bonds is 8. The Morgan fingerprint density at radius 3 is 2.90 bits per heavy atom. The lowest BCUT2D eigenvalue weighted by molar-refractivity contribution is 0.414. The number of aliphatic imine (C=N–C) groups is 1. The number of nitrogens with one attached hydrogen (secondary N) is 1. The van der Waals surface area contributed by atoms with E-state index in [0.29, 0.717) is 11.9 Å². The van der Waals surface area contributed by atoms with Gasteiger partial charge in [-0.25, -0.2) is 0 Å². The van der Waals surface area contributed by atoms with E-state index in [2.05, 4.69) is 36.3 Å². The van der Waals surface area contributed by atoms with Crippen molar-refractivity contribution < 1.29 is 4.74 Å². The van der Waals surface area contributed by atoms with Crippen LogP contribution < -0.4 is 15.8 Å². The van der Waals surface area contributed by atoms with Gasteiger partial charge in [-0.1, -0.05) is 26.0 Å². The molecule has 1 aromatic rings. The maximum absolute atomic E-state index is 5.80. The Labute approximate surface area is 122 Å². The highest BCUT2D eigenvalue weighted by Gasteiger charge is 1.97. The minimum absolute atomic E-state index is 0.552. The van der Waals surface area contributed by atoms with Gasteiger partial charge in [0.1, 0.15) is 5.75 Å². The Morgan fingerprint density at radius 2 is 2.20 bits per heavy atom. The van der Waals surface area contributed by atoms with E-state index in [1.807, 2.05) is 12.1 Å². The fraction of sp³-hybridized carbons (Fsp3) is 0.562. The van der Waals surface area contributed by atoms with E-state index >= 15 is 0 Å². The van der Waals surface area contributed by atoms with Crippen molar-refractivity contribution in [2.75, 3.05) is 20.2 Å². The van der Waals surface area contributed by atoms with E-state index in [4.69, 9.17) is 10.5 Å². The first-order chi connectivity index (χ1) is 9.61. The number of hydrogen-bond donors (Lipinski definition) is 2. The number of nitrogens with zero attached hydrogens (tertiary/aromatic N) is 1.